The van der Waals surface area contributed by atoms with Crippen LogP contribution in [0.5, 0.6) is 0 Å². The molecule has 0 amide bonds. The molecule has 1 saturated heterocycles. The molecule has 1 atom stereocenters. The molecule has 0 saturated carbocycles. The monoisotopic (exact) mass is 278 g/mol. The molecule has 0 N–H and O–H groups in total. The minimum atomic E-state index is -0.565. The van der Waals surface area contributed by atoms with Gasteiger partial charge in [-0.2, -0.15) is 5.26 Å². The number of hydrogen-bond acceptors (Lipinski definition) is 5. The Hall–Kier alpha value is -2.07. The Morgan fingerprint density at radius 3 is 2.65 bits per heavy atom. The zero-order valence-corrected chi connectivity index (χ0v) is 11.9. The van der Waals surface area contributed by atoms with Crippen LogP contribution in [0.3, 0.4) is 0 Å². The molecule has 7 nitrogen and oxygen atoms in total. The van der Waals surface area contributed by atoms with Gasteiger partial charge < -0.3 is 9.64 Å². The molecule has 1 aromatic rings. The first-order valence-electron chi connectivity index (χ1n) is 6.50. The molecule has 0 bridgehead atoms. The lowest BCUT2D eigenvalue weighted by molar-refractivity contribution is 0.116. The molecule has 0 aromatic carbocycles. The Balaban J connectivity index is 2.47. The second-order valence-electron chi connectivity index (χ2n) is 5.03. The van der Waals surface area contributed by atoms with Gasteiger partial charge in [0.05, 0.1) is 6.10 Å². The predicted octanol–water partition coefficient (Wildman–Crippen LogP) is -0.429. The summed E-state index contributed by atoms with van der Waals surface area (Å²) in [5.41, 5.74) is -1.02. The van der Waals surface area contributed by atoms with E-state index in [0.717, 1.165) is 24.0 Å². The molecule has 108 valence electrons. The van der Waals surface area contributed by atoms with E-state index in [1.165, 1.54) is 11.6 Å². The van der Waals surface area contributed by atoms with E-state index in [4.69, 9.17) is 4.74 Å². The van der Waals surface area contributed by atoms with Crippen LogP contribution in [0.1, 0.15) is 18.4 Å². The molecule has 1 aliphatic heterocycles. The van der Waals surface area contributed by atoms with Crippen LogP contribution in [-0.2, 0) is 18.8 Å². The van der Waals surface area contributed by atoms with E-state index in [2.05, 4.69) is 0 Å². The van der Waals surface area contributed by atoms with E-state index >= 15 is 0 Å². The lowest BCUT2D eigenvalue weighted by Crippen LogP contribution is -2.43. The highest BCUT2D eigenvalue weighted by Gasteiger charge is 2.23. The number of nitriles is 1. The van der Waals surface area contributed by atoms with Crippen LogP contribution >= 0.6 is 0 Å². The van der Waals surface area contributed by atoms with Gasteiger partial charge in [-0.3, -0.25) is 13.9 Å². The SMILES string of the molecule is CN(C[C@@H]1CCCO1)c1c(C#N)c(=O)n(C)c(=O)n1C. The summed E-state index contributed by atoms with van der Waals surface area (Å²) in [5, 5.41) is 9.21. The maximum absolute atomic E-state index is 12.0. The fourth-order valence-corrected chi connectivity index (χ4v) is 2.56. The van der Waals surface area contributed by atoms with Crippen LogP contribution in [0.15, 0.2) is 9.59 Å². The maximum Gasteiger partial charge on any atom is 0.332 e. The van der Waals surface area contributed by atoms with Crippen molar-refractivity contribution in [1.29, 1.82) is 5.26 Å². The lowest BCUT2D eigenvalue weighted by atomic mass is 10.2. The van der Waals surface area contributed by atoms with Crippen molar-refractivity contribution in [2.45, 2.75) is 18.9 Å². The van der Waals surface area contributed by atoms with E-state index in [9.17, 15) is 14.9 Å². The van der Waals surface area contributed by atoms with E-state index in [1.54, 1.807) is 19.0 Å². The standard InChI is InChI=1S/C13H18N4O3/c1-15(8-9-5-4-6-20-9)11-10(7-14)12(18)17(3)13(19)16(11)2/h9H,4-6,8H2,1-3H3/t9-/m0/s1. The summed E-state index contributed by atoms with van der Waals surface area (Å²) < 4.78 is 7.82. The lowest BCUT2D eigenvalue weighted by Gasteiger charge is -2.25. The topological polar surface area (TPSA) is 80.3 Å². The van der Waals surface area contributed by atoms with Crippen molar-refractivity contribution in [1.82, 2.24) is 9.13 Å². The van der Waals surface area contributed by atoms with Crippen LogP contribution in [0.25, 0.3) is 0 Å². The minimum absolute atomic E-state index is 0.0184. The molecular formula is C13H18N4O3. The Morgan fingerprint density at radius 2 is 2.10 bits per heavy atom. The molecule has 2 heterocycles. The highest BCUT2D eigenvalue weighted by molar-refractivity contribution is 5.53. The van der Waals surface area contributed by atoms with Gasteiger partial charge in [-0.15, -0.1) is 0 Å². The van der Waals surface area contributed by atoms with Crippen molar-refractivity contribution in [2.75, 3.05) is 25.1 Å². The molecular weight excluding hydrogens is 260 g/mol. The number of ether oxygens (including phenoxy) is 1. The summed E-state index contributed by atoms with van der Waals surface area (Å²) in [6.07, 6.45) is 2.04. The third kappa shape index (κ3) is 2.34. The van der Waals surface area contributed by atoms with Gasteiger partial charge in [0, 0.05) is 34.3 Å². The summed E-state index contributed by atoms with van der Waals surface area (Å²) in [7, 11) is 4.69. The normalized spacial score (nSPS) is 18.0. The summed E-state index contributed by atoms with van der Waals surface area (Å²) in [6, 6.07) is 1.90. The molecule has 20 heavy (non-hydrogen) atoms. The Bertz CT molecular complexity index is 662. The molecule has 0 spiro atoms. The van der Waals surface area contributed by atoms with Crippen molar-refractivity contribution < 1.29 is 4.74 Å². The van der Waals surface area contributed by atoms with Gasteiger partial charge in [0.2, 0.25) is 0 Å². The van der Waals surface area contributed by atoms with Crippen molar-refractivity contribution >= 4 is 5.82 Å². The zero-order valence-electron chi connectivity index (χ0n) is 11.9. The Morgan fingerprint density at radius 1 is 1.40 bits per heavy atom. The predicted molar refractivity (Wildman–Crippen MR) is 73.9 cm³/mol. The quantitative estimate of drug-likeness (QED) is 0.749. The molecule has 0 aliphatic carbocycles. The van der Waals surface area contributed by atoms with Crippen molar-refractivity contribution in [2.24, 2.45) is 14.1 Å². The first kappa shape index (κ1) is 14.3. The minimum Gasteiger partial charge on any atom is -0.376 e. The van der Waals surface area contributed by atoms with Gasteiger partial charge in [-0.1, -0.05) is 0 Å². The maximum atomic E-state index is 12.0. The third-order valence-corrected chi connectivity index (χ3v) is 3.61. The van der Waals surface area contributed by atoms with Crippen LogP contribution in [0.4, 0.5) is 5.82 Å². The smallest absolute Gasteiger partial charge is 0.332 e. The first-order chi connectivity index (χ1) is 9.47. The van der Waals surface area contributed by atoms with Gasteiger partial charge in [-0.05, 0) is 12.8 Å². The van der Waals surface area contributed by atoms with Crippen molar-refractivity contribution in [3.8, 4) is 6.07 Å². The van der Waals surface area contributed by atoms with Crippen molar-refractivity contribution in [3.63, 3.8) is 0 Å². The third-order valence-electron chi connectivity index (χ3n) is 3.61. The van der Waals surface area contributed by atoms with Crippen molar-refractivity contribution in [3.05, 3.63) is 26.4 Å². The first-order valence-corrected chi connectivity index (χ1v) is 6.50. The average molecular weight is 278 g/mol. The van der Waals surface area contributed by atoms with Crippen LogP contribution < -0.4 is 16.1 Å². The number of likely N-dealkylation sites (N-methyl/N-ethyl adjacent to an activating group) is 1. The van der Waals surface area contributed by atoms with Gasteiger partial charge in [0.15, 0.2) is 5.56 Å². The highest BCUT2D eigenvalue weighted by atomic mass is 16.5. The molecule has 1 aliphatic rings. The van der Waals surface area contributed by atoms with Crippen LogP contribution in [0, 0.1) is 11.3 Å². The van der Waals surface area contributed by atoms with Crippen LogP contribution in [0.2, 0.25) is 0 Å². The second kappa shape index (κ2) is 5.51. The summed E-state index contributed by atoms with van der Waals surface area (Å²) in [6.45, 7) is 1.29. The van der Waals surface area contributed by atoms with Gasteiger partial charge >= 0.3 is 5.69 Å². The van der Waals surface area contributed by atoms with E-state index in [-0.39, 0.29) is 11.7 Å². The van der Waals surface area contributed by atoms with E-state index in [1.807, 2.05) is 6.07 Å². The molecule has 0 radical (unpaired) electrons. The number of anilines is 1. The molecule has 1 aromatic heterocycles. The largest absolute Gasteiger partial charge is 0.376 e. The summed E-state index contributed by atoms with van der Waals surface area (Å²) >= 11 is 0. The van der Waals surface area contributed by atoms with E-state index < -0.39 is 11.2 Å². The fraction of sp³-hybridized carbons (Fsp3) is 0.615. The van der Waals surface area contributed by atoms with Gasteiger partial charge in [0.1, 0.15) is 11.9 Å². The number of aromatic nitrogens is 2. The molecule has 0 unspecified atom stereocenters. The molecule has 7 heteroatoms. The van der Waals surface area contributed by atoms with E-state index in [0.29, 0.717) is 12.4 Å². The Labute approximate surface area is 116 Å². The highest BCUT2D eigenvalue weighted by Crippen LogP contribution is 2.18. The summed E-state index contributed by atoms with van der Waals surface area (Å²) in [4.78, 5) is 25.7. The Kier molecular flexibility index (Phi) is 3.95. The summed E-state index contributed by atoms with van der Waals surface area (Å²) in [5.74, 6) is 0.344. The number of rotatable bonds is 3. The number of hydrogen-bond donors (Lipinski definition) is 0. The van der Waals surface area contributed by atoms with Gasteiger partial charge in [0.25, 0.3) is 5.56 Å². The average Bonchev–Trinajstić information content (AvgIpc) is 2.92. The second-order valence-corrected chi connectivity index (χ2v) is 5.03. The molecule has 1 fully saturated rings. The fourth-order valence-electron chi connectivity index (χ4n) is 2.56. The van der Waals surface area contributed by atoms with Crippen LogP contribution in [-0.4, -0.2) is 35.4 Å². The van der Waals surface area contributed by atoms with Gasteiger partial charge in [-0.25, -0.2) is 4.79 Å². The number of nitrogens with zero attached hydrogens (tertiary/aromatic N) is 4. The zero-order chi connectivity index (χ0) is 14.9. The molecule has 2 rings (SSSR count).